The number of methoxy groups -OCH3 is 1. The van der Waals surface area contributed by atoms with Crippen LogP contribution in [0, 0.1) is 0 Å². The summed E-state index contributed by atoms with van der Waals surface area (Å²) in [5, 5.41) is 2.89. The van der Waals surface area contributed by atoms with Gasteiger partial charge >= 0.3 is 5.97 Å². The molecular weight excluding hydrogens is 316 g/mol. The van der Waals surface area contributed by atoms with E-state index in [1.54, 1.807) is 24.3 Å². The molecule has 0 bridgehead atoms. The van der Waals surface area contributed by atoms with Crippen LogP contribution in [-0.4, -0.2) is 37.0 Å². The molecule has 1 heterocycles. The smallest absolute Gasteiger partial charge is 0.337 e. The van der Waals surface area contributed by atoms with Gasteiger partial charge in [-0.2, -0.15) is 0 Å². The molecule has 0 aromatic heterocycles. The van der Waals surface area contributed by atoms with Crippen molar-refractivity contribution in [2.24, 2.45) is 0 Å². The van der Waals surface area contributed by atoms with Crippen molar-refractivity contribution in [2.75, 3.05) is 25.5 Å². The molecule has 1 fully saturated rings. The van der Waals surface area contributed by atoms with Gasteiger partial charge in [-0.15, -0.1) is 0 Å². The third-order valence-electron chi connectivity index (χ3n) is 4.48. The van der Waals surface area contributed by atoms with E-state index in [1.165, 1.54) is 12.7 Å². The van der Waals surface area contributed by atoms with Crippen molar-refractivity contribution in [3.05, 3.63) is 65.7 Å². The summed E-state index contributed by atoms with van der Waals surface area (Å²) in [5.41, 5.74) is 2.40. The zero-order valence-corrected chi connectivity index (χ0v) is 14.3. The predicted octanol–water partition coefficient (Wildman–Crippen LogP) is 3.25. The molecule has 130 valence electrons. The number of nitrogens with one attached hydrogen (secondary N) is 1. The molecule has 5 nitrogen and oxygen atoms in total. The minimum atomic E-state index is -0.388. The first-order chi connectivity index (χ1) is 12.2. The summed E-state index contributed by atoms with van der Waals surface area (Å²) in [6.45, 7) is 1.28. The maximum Gasteiger partial charge on any atom is 0.337 e. The lowest BCUT2D eigenvalue weighted by molar-refractivity contribution is -0.117. The van der Waals surface area contributed by atoms with Crippen LogP contribution in [-0.2, 0) is 9.53 Å². The van der Waals surface area contributed by atoms with E-state index in [0.717, 1.165) is 19.4 Å². The fourth-order valence-electron chi connectivity index (χ4n) is 3.26. The van der Waals surface area contributed by atoms with Gasteiger partial charge in [0.15, 0.2) is 0 Å². The molecule has 25 heavy (non-hydrogen) atoms. The van der Waals surface area contributed by atoms with Gasteiger partial charge in [0.05, 0.1) is 19.2 Å². The molecule has 3 rings (SSSR count). The Morgan fingerprint density at radius 2 is 1.84 bits per heavy atom. The lowest BCUT2D eigenvalue weighted by atomic mass is 10.0. The predicted molar refractivity (Wildman–Crippen MR) is 96.4 cm³/mol. The Balaban J connectivity index is 1.59. The molecule has 1 aliphatic rings. The highest BCUT2D eigenvalue weighted by atomic mass is 16.5. The van der Waals surface area contributed by atoms with Gasteiger partial charge in [-0.1, -0.05) is 30.3 Å². The van der Waals surface area contributed by atoms with Gasteiger partial charge in [-0.05, 0) is 49.2 Å². The molecule has 0 saturated carbocycles. The van der Waals surface area contributed by atoms with Gasteiger partial charge in [-0.25, -0.2) is 4.79 Å². The molecule has 1 amide bonds. The third-order valence-corrected chi connectivity index (χ3v) is 4.48. The Kier molecular flexibility index (Phi) is 5.46. The number of hydrogen-bond acceptors (Lipinski definition) is 4. The summed E-state index contributed by atoms with van der Waals surface area (Å²) in [4.78, 5) is 26.0. The minimum Gasteiger partial charge on any atom is -0.465 e. The molecule has 1 aliphatic heterocycles. The molecule has 1 saturated heterocycles. The van der Waals surface area contributed by atoms with Crippen molar-refractivity contribution in [1.82, 2.24) is 4.90 Å². The molecule has 1 N–H and O–H groups in total. The Morgan fingerprint density at radius 3 is 2.52 bits per heavy atom. The Bertz CT molecular complexity index is 728. The molecule has 1 atom stereocenters. The number of anilines is 1. The quantitative estimate of drug-likeness (QED) is 0.850. The van der Waals surface area contributed by atoms with E-state index in [0.29, 0.717) is 23.8 Å². The Labute approximate surface area is 147 Å². The van der Waals surface area contributed by atoms with E-state index >= 15 is 0 Å². The largest absolute Gasteiger partial charge is 0.465 e. The van der Waals surface area contributed by atoms with Crippen LogP contribution in [0.4, 0.5) is 5.69 Å². The van der Waals surface area contributed by atoms with Crippen molar-refractivity contribution in [2.45, 2.75) is 18.9 Å². The standard InChI is InChI=1S/C20H22N2O3/c1-25-20(24)16-9-11-17(12-10-16)21-19(23)14-22-13-5-8-18(22)15-6-3-2-4-7-15/h2-4,6-7,9-12,18H,5,8,13-14H2,1H3,(H,21,23)/t18-/m1/s1. The van der Waals surface area contributed by atoms with Crippen molar-refractivity contribution in [1.29, 1.82) is 0 Å². The highest BCUT2D eigenvalue weighted by Gasteiger charge is 2.27. The summed E-state index contributed by atoms with van der Waals surface area (Å²) in [5.74, 6) is -0.436. The summed E-state index contributed by atoms with van der Waals surface area (Å²) in [6, 6.07) is 17.3. The van der Waals surface area contributed by atoms with E-state index in [9.17, 15) is 9.59 Å². The molecule has 0 aliphatic carbocycles. The van der Waals surface area contributed by atoms with Gasteiger partial charge < -0.3 is 10.1 Å². The number of benzene rings is 2. The molecule has 5 heteroatoms. The van der Waals surface area contributed by atoms with Crippen molar-refractivity contribution in [3.63, 3.8) is 0 Å². The second-order valence-corrected chi connectivity index (χ2v) is 6.16. The molecule has 2 aromatic rings. The lowest BCUT2D eigenvalue weighted by Gasteiger charge is -2.24. The SMILES string of the molecule is COC(=O)c1ccc(NC(=O)CN2CCC[C@@H]2c2ccccc2)cc1. The molecular formula is C20H22N2O3. The second-order valence-electron chi connectivity index (χ2n) is 6.16. The molecule has 2 aromatic carbocycles. The number of likely N-dealkylation sites (tertiary alicyclic amines) is 1. The normalized spacial score (nSPS) is 17.2. The lowest BCUT2D eigenvalue weighted by Crippen LogP contribution is -2.32. The first-order valence-electron chi connectivity index (χ1n) is 8.44. The topological polar surface area (TPSA) is 58.6 Å². The number of amides is 1. The van der Waals surface area contributed by atoms with E-state index < -0.39 is 0 Å². The molecule has 0 radical (unpaired) electrons. The van der Waals surface area contributed by atoms with Crippen molar-refractivity contribution >= 4 is 17.6 Å². The number of ether oxygens (including phenoxy) is 1. The van der Waals surface area contributed by atoms with Crippen molar-refractivity contribution < 1.29 is 14.3 Å². The highest BCUT2D eigenvalue weighted by Crippen LogP contribution is 2.31. The number of hydrogen-bond donors (Lipinski definition) is 1. The number of rotatable bonds is 5. The van der Waals surface area contributed by atoms with Crippen LogP contribution in [0.25, 0.3) is 0 Å². The second kappa shape index (κ2) is 7.94. The Hall–Kier alpha value is -2.66. The van der Waals surface area contributed by atoms with Gasteiger partial charge in [0.25, 0.3) is 0 Å². The zero-order valence-electron chi connectivity index (χ0n) is 14.3. The van der Waals surface area contributed by atoms with Gasteiger partial charge in [-0.3, -0.25) is 9.69 Å². The van der Waals surface area contributed by atoms with Crippen LogP contribution in [0.2, 0.25) is 0 Å². The molecule has 0 unspecified atom stereocenters. The van der Waals surface area contributed by atoms with Gasteiger partial charge in [0.1, 0.15) is 0 Å². The summed E-state index contributed by atoms with van der Waals surface area (Å²) in [6.07, 6.45) is 2.17. The zero-order chi connectivity index (χ0) is 17.6. The van der Waals surface area contributed by atoms with Crippen LogP contribution in [0.15, 0.2) is 54.6 Å². The third kappa shape index (κ3) is 4.25. The van der Waals surface area contributed by atoms with Gasteiger partial charge in [0.2, 0.25) is 5.91 Å². The Morgan fingerprint density at radius 1 is 1.12 bits per heavy atom. The fourth-order valence-corrected chi connectivity index (χ4v) is 3.26. The van der Waals surface area contributed by atoms with E-state index in [2.05, 4.69) is 27.1 Å². The minimum absolute atomic E-state index is 0.0475. The summed E-state index contributed by atoms with van der Waals surface area (Å²) in [7, 11) is 1.34. The van der Waals surface area contributed by atoms with Crippen LogP contribution >= 0.6 is 0 Å². The first-order valence-corrected chi connectivity index (χ1v) is 8.44. The van der Waals surface area contributed by atoms with E-state index in [1.807, 2.05) is 18.2 Å². The van der Waals surface area contributed by atoms with Crippen molar-refractivity contribution in [3.8, 4) is 0 Å². The van der Waals surface area contributed by atoms with E-state index in [4.69, 9.17) is 0 Å². The highest BCUT2D eigenvalue weighted by molar-refractivity contribution is 5.94. The van der Waals surface area contributed by atoms with E-state index in [-0.39, 0.29) is 11.9 Å². The fraction of sp³-hybridized carbons (Fsp3) is 0.300. The maximum atomic E-state index is 12.4. The van der Waals surface area contributed by atoms with Crippen LogP contribution in [0.1, 0.15) is 34.8 Å². The summed E-state index contributed by atoms with van der Waals surface area (Å²) < 4.78 is 4.67. The number of nitrogens with zero attached hydrogens (tertiary/aromatic N) is 1. The molecule has 0 spiro atoms. The number of carbonyl (C=O) groups is 2. The summed E-state index contributed by atoms with van der Waals surface area (Å²) >= 11 is 0. The van der Waals surface area contributed by atoms with Crippen LogP contribution < -0.4 is 5.32 Å². The van der Waals surface area contributed by atoms with Gasteiger partial charge in [0, 0.05) is 11.7 Å². The maximum absolute atomic E-state index is 12.4. The first kappa shape index (κ1) is 17.2. The number of esters is 1. The van der Waals surface area contributed by atoms with Crippen LogP contribution in [0.5, 0.6) is 0 Å². The number of carbonyl (C=O) groups excluding carboxylic acids is 2. The average Bonchev–Trinajstić information content (AvgIpc) is 3.10. The van der Waals surface area contributed by atoms with Crippen LogP contribution in [0.3, 0.4) is 0 Å². The monoisotopic (exact) mass is 338 g/mol. The average molecular weight is 338 g/mol.